The molecule has 1 aromatic carbocycles. The van der Waals surface area contributed by atoms with Crippen molar-refractivity contribution in [2.45, 2.75) is 57.8 Å². The normalized spacial score (nSPS) is 23.8. The molecule has 2 unspecified atom stereocenters. The number of aryl methyl sites for hydroxylation is 1. The van der Waals surface area contributed by atoms with Gasteiger partial charge < -0.3 is 5.32 Å². The molecule has 20 heavy (non-hydrogen) atoms. The standard InChI is InChI=1S/C16H22F3N/c1-2-12-6-3-4-7-13(12)11-20-15-9-5-8-14(10-15)16(17,18)19/h3-4,6-7,14-15,20H,2,5,8-11H2,1H3. The molecule has 1 nitrogen and oxygen atoms in total. The summed E-state index contributed by atoms with van der Waals surface area (Å²) in [5.74, 6) is -1.13. The van der Waals surface area contributed by atoms with E-state index in [9.17, 15) is 13.2 Å². The highest BCUT2D eigenvalue weighted by Gasteiger charge is 2.41. The van der Waals surface area contributed by atoms with E-state index in [4.69, 9.17) is 0 Å². The highest BCUT2D eigenvalue weighted by molar-refractivity contribution is 5.26. The molecule has 0 radical (unpaired) electrons. The highest BCUT2D eigenvalue weighted by atomic mass is 19.4. The zero-order valence-corrected chi connectivity index (χ0v) is 11.8. The number of rotatable bonds is 4. The summed E-state index contributed by atoms with van der Waals surface area (Å²) in [5.41, 5.74) is 2.47. The molecule has 0 saturated heterocycles. The maximum Gasteiger partial charge on any atom is 0.391 e. The van der Waals surface area contributed by atoms with E-state index in [1.165, 1.54) is 11.1 Å². The van der Waals surface area contributed by atoms with Crippen LogP contribution in [0.3, 0.4) is 0 Å². The molecule has 0 amide bonds. The fraction of sp³-hybridized carbons (Fsp3) is 0.625. The average molecular weight is 285 g/mol. The Hall–Kier alpha value is -1.03. The highest BCUT2D eigenvalue weighted by Crippen LogP contribution is 2.37. The Balaban J connectivity index is 1.90. The molecule has 1 fully saturated rings. The molecular formula is C16H22F3N. The summed E-state index contributed by atoms with van der Waals surface area (Å²) in [7, 11) is 0. The summed E-state index contributed by atoms with van der Waals surface area (Å²) in [6.45, 7) is 2.76. The zero-order valence-electron chi connectivity index (χ0n) is 11.8. The molecule has 0 spiro atoms. The molecule has 1 saturated carbocycles. The fourth-order valence-corrected chi connectivity index (χ4v) is 3.00. The van der Waals surface area contributed by atoms with Gasteiger partial charge in [0.15, 0.2) is 0 Å². The topological polar surface area (TPSA) is 12.0 Å². The Kier molecular flexibility index (Phi) is 5.08. The van der Waals surface area contributed by atoms with Crippen LogP contribution in [0.15, 0.2) is 24.3 Å². The minimum Gasteiger partial charge on any atom is -0.310 e. The van der Waals surface area contributed by atoms with E-state index in [0.717, 1.165) is 12.8 Å². The van der Waals surface area contributed by atoms with Crippen molar-refractivity contribution in [2.75, 3.05) is 0 Å². The quantitative estimate of drug-likeness (QED) is 0.861. The van der Waals surface area contributed by atoms with Crippen LogP contribution < -0.4 is 5.32 Å². The van der Waals surface area contributed by atoms with Crippen LogP contribution in [0, 0.1) is 5.92 Å². The number of benzene rings is 1. The lowest BCUT2D eigenvalue weighted by molar-refractivity contribution is -0.183. The molecular weight excluding hydrogens is 263 g/mol. The predicted octanol–water partition coefficient (Wildman–Crippen LogP) is 4.46. The zero-order chi connectivity index (χ0) is 14.6. The third-order valence-corrected chi connectivity index (χ3v) is 4.22. The van der Waals surface area contributed by atoms with E-state index < -0.39 is 12.1 Å². The van der Waals surface area contributed by atoms with Crippen molar-refractivity contribution < 1.29 is 13.2 Å². The smallest absolute Gasteiger partial charge is 0.310 e. The summed E-state index contributed by atoms with van der Waals surface area (Å²) in [6, 6.07) is 8.10. The summed E-state index contributed by atoms with van der Waals surface area (Å²) >= 11 is 0. The molecule has 1 N–H and O–H groups in total. The molecule has 0 bridgehead atoms. The lowest BCUT2D eigenvalue weighted by Crippen LogP contribution is -2.38. The first-order valence-corrected chi connectivity index (χ1v) is 7.37. The van der Waals surface area contributed by atoms with E-state index in [2.05, 4.69) is 24.4 Å². The second-order valence-electron chi connectivity index (χ2n) is 5.61. The van der Waals surface area contributed by atoms with Crippen LogP contribution in [0.1, 0.15) is 43.7 Å². The Morgan fingerprint density at radius 2 is 1.85 bits per heavy atom. The van der Waals surface area contributed by atoms with Crippen LogP contribution in [0.4, 0.5) is 13.2 Å². The van der Waals surface area contributed by atoms with Gasteiger partial charge in [-0.2, -0.15) is 13.2 Å². The lowest BCUT2D eigenvalue weighted by Gasteiger charge is -2.31. The average Bonchev–Trinajstić information content (AvgIpc) is 2.45. The Bertz CT molecular complexity index is 428. The fourth-order valence-electron chi connectivity index (χ4n) is 3.00. The number of nitrogens with one attached hydrogen (secondary N) is 1. The molecule has 0 heterocycles. The first kappa shape index (κ1) is 15.4. The summed E-state index contributed by atoms with van der Waals surface area (Å²) < 4.78 is 38.3. The van der Waals surface area contributed by atoms with Gasteiger partial charge in [0, 0.05) is 12.6 Å². The Labute approximate surface area is 118 Å². The van der Waals surface area contributed by atoms with Gasteiger partial charge >= 0.3 is 6.18 Å². The van der Waals surface area contributed by atoms with Crippen LogP contribution in [-0.2, 0) is 13.0 Å². The van der Waals surface area contributed by atoms with Crippen LogP contribution in [0.25, 0.3) is 0 Å². The maximum absolute atomic E-state index is 12.8. The van der Waals surface area contributed by atoms with Crippen LogP contribution >= 0.6 is 0 Å². The van der Waals surface area contributed by atoms with Crippen molar-refractivity contribution in [3.63, 3.8) is 0 Å². The number of halogens is 3. The largest absolute Gasteiger partial charge is 0.391 e. The van der Waals surface area contributed by atoms with E-state index in [0.29, 0.717) is 13.0 Å². The Morgan fingerprint density at radius 1 is 1.15 bits per heavy atom. The molecule has 0 aromatic heterocycles. The van der Waals surface area contributed by atoms with Gasteiger partial charge in [-0.25, -0.2) is 0 Å². The van der Waals surface area contributed by atoms with Crippen molar-refractivity contribution >= 4 is 0 Å². The third kappa shape index (κ3) is 3.98. The summed E-state index contributed by atoms with van der Waals surface area (Å²) in [6.07, 6.45) is -1.07. The van der Waals surface area contributed by atoms with E-state index in [1.54, 1.807) is 0 Å². The second kappa shape index (κ2) is 6.61. The van der Waals surface area contributed by atoms with Gasteiger partial charge in [-0.3, -0.25) is 0 Å². The molecule has 112 valence electrons. The van der Waals surface area contributed by atoms with Crippen molar-refractivity contribution in [3.05, 3.63) is 35.4 Å². The molecule has 1 aromatic rings. The van der Waals surface area contributed by atoms with Gasteiger partial charge in [0.05, 0.1) is 5.92 Å². The second-order valence-corrected chi connectivity index (χ2v) is 5.61. The van der Waals surface area contributed by atoms with Gasteiger partial charge in [0.2, 0.25) is 0 Å². The Morgan fingerprint density at radius 3 is 2.50 bits per heavy atom. The van der Waals surface area contributed by atoms with Crippen LogP contribution in [0.2, 0.25) is 0 Å². The maximum atomic E-state index is 12.8. The monoisotopic (exact) mass is 285 g/mol. The van der Waals surface area contributed by atoms with Crippen molar-refractivity contribution in [3.8, 4) is 0 Å². The number of hydrogen-bond donors (Lipinski definition) is 1. The van der Waals surface area contributed by atoms with Crippen LogP contribution in [0.5, 0.6) is 0 Å². The predicted molar refractivity (Wildman–Crippen MR) is 74.5 cm³/mol. The molecule has 4 heteroatoms. The summed E-state index contributed by atoms with van der Waals surface area (Å²) in [5, 5.41) is 3.31. The molecule has 1 aliphatic rings. The van der Waals surface area contributed by atoms with Gasteiger partial charge in [-0.1, -0.05) is 37.6 Å². The minimum atomic E-state index is -4.04. The van der Waals surface area contributed by atoms with Gasteiger partial charge in [0.25, 0.3) is 0 Å². The first-order valence-electron chi connectivity index (χ1n) is 7.37. The van der Waals surface area contributed by atoms with Crippen molar-refractivity contribution in [1.82, 2.24) is 5.32 Å². The van der Waals surface area contributed by atoms with E-state index >= 15 is 0 Å². The van der Waals surface area contributed by atoms with Gasteiger partial charge in [0.1, 0.15) is 0 Å². The van der Waals surface area contributed by atoms with Gasteiger partial charge in [-0.15, -0.1) is 0 Å². The molecule has 0 aliphatic heterocycles. The van der Waals surface area contributed by atoms with Crippen molar-refractivity contribution in [1.29, 1.82) is 0 Å². The van der Waals surface area contributed by atoms with Crippen LogP contribution in [-0.4, -0.2) is 12.2 Å². The number of hydrogen-bond acceptors (Lipinski definition) is 1. The number of alkyl halides is 3. The molecule has 2 rings (SSSR count). The molecule has 2 atom stereocenters. The van der Waals surface area contributed by atoms with E-state index in [1.807, 2.05) is 12.1 Å². The first-order chi connectivity index (χ1) is 9.50. The lowest BCUT2D eigenvalue weighted by atomic mass is 9.85. The minimum absolute atomic E-state index is 0.0136. The van der Waals surface area contributed by atoms with E-state index in [-0.39, 0.29) is 18.9 Å². The van der Waals surface area contributed by atoms with Crippen molar-refractivity contribution in [2.24, 2.45) is 5.92 Å². The molecule has 1 aliphatic carbocycles. The third-order valence-electron chi connectivity index (χ3n) is 4.22. The SMILES string of the molecule is CCc1ccccc1CNC1CCCC(C(F)(F)F)C1. The summed E-state index contributed by atoms with van der Waals surface area (Å²) in [4.78, 5) is 0. The van der Waals surface area contributed by atoms with Gasteiger partial charge in [-0.05, 0) is 36.8 Å².